The Bertz CT molecular complexity index is 360. The molecular weight excluding hydrogens is 206 g/mol. The summed E-state index contributed by atoms with van der Waals surface area (Å²) >= 11 is 0. The third-order valence-corrected chi connectivity index (χ3v) is 2.82. The Labute approximate surface area is 95.7 Å². The molecule has 0 bridgehead atoms. The SMILES string of the molecule is CCN(CCC(=O)O)Cc1cnn(C)c1C. The number of nitrogens with zero attached hydrogens (tertiary/aromatic N) is 3. The zero-order valence-electron chi connectivity index (χ0n) is 10.1. The van der Waals surface area contributed by atoms with E-state index in [-0.39, 0.29) is 6.42 Å². The quantitative estimate of drug-likeness (QED) is 0.785. The zero-order valence-corrected chi connectivity index (χ0v) is 10.1. The van der Waals surface area contributed by atoms with Crippen molar-refractivity contribution in [1.82, 2.24) is 14.7 Å². The van der Waals surface area contributed by atoms with Crippen molar-refractivity contribution in [3.05, 3.63) is 17.5 Å². The van der Waals surface area contributed by atoms with Crippen molar-refractivity contribution in [2.75, 3.05) is 13.1 Å². The molecule has 0 fully saturated rings. The van der Waals surface area contributed by atoms with Crippen LogP contribution in [0, 0.1) is 6.92 Å². The number of hydrogen-bond acceptors (Lipinski definition) is 3. The van der Waals surface area contributed by atoms with E-state index in [4.69, 9.17) is 5.11 Å². The summed E-state index contributed by atoms with van der Waals surface area (Å²) in [6, 6.07) is 0. The van der Waals surface area contributed by atoms with E-state index in [2.05, 4.69) is 10.00 Å². The van der Waals surface area contributed by atoms with E-state index in [0.29, 0.717) is 6.54 Å². The highest BCUT2D eigenvalue weighted by Gasteiger charge is 2.10. The van der Waals surface area contributed by atoms with Crippen molar-refractivity contribution in [3.63, 3.8) is 0 Å². The molecule has 5 nitrogen and oxygen atoms in total. The normalized spacial score (nSPS) is 11.0. The average molecular weight is 225 g/mol. The van der Waals surface area contributed by atoms with Crippen LogP contribution in [0.4, 0.5) is 0 Å². The molecule has 1 heterocycles. The molecule has 0 aliphatic heterocycles. The molecule has 1 aromatic rings. The molecule has 1 aromatic heterocycles. The minimum absolute atomic E-state index is 0.188. The zero-order chi connectivity index (χ0) is 12.1. The molecule has 1 rings (SSSR count). The fourth-order valence-electron chi connectivity index (χ4n) is 1.54. The number of hydrogen-bond donors (Lipinski definition) is 1. The Morgan fingerprint density at radius 1 is 1.62 bits per heavy atom. The molecule has 0 aliphatic rings. The van der Waals surface area contributed by atoms with Crippen LogP contribution < -0.4 is 0 Å². The number of carboxylic acid groups (broad SMARTS) is 1. The van der Waals surface area contributed by atoms with Gasteiger partial charge >= 0.3 is 5.97 Å². The first-order chi connectivity index (χ1) is 7.54. The van der Waals surface area contributed by atoms with Crippen molar-refractivity contribution >= 4 is 5.97 Å². The maximum atomic E-state index is 10.5. The average Bonchev–Trinajstić information content (AvgIpc) is 2.55. The summed E-state index contributed by atoms with van der Waals surface area (Å²) in [6.45, 7) is 6.26. The molecule has 0 aromatic carbocycles. The third kappa shape index (κ3) is 3.34. The Hall–Kier alpha value is -1.36. The summed E-state index contributed by atoms with van der Waals surface area (Å²) in [5.41, 5.74) is 2.29. The van der Waals surface area contributed by atoms with E-state index in [1.807, 2.05) is 31.8 Å². The minimum Gasteiger partial charge on any atom is -0.481 e. The van der Waals surface area contributed by atoms with E-state index < -0.39 is 5.97 Å². The maximum absolute atomic E-state index is 10.5. The number of aliphatic carboxylic acids is 1. The topological polar surface area (TPSA) is 58.4 Å². The van der Waals surface area contributed by atoms with E-state index in [0.717, 1.165) is 24.3 Å². The van der Waals surface area contributed by atoms with E-state index in [9.17, 15) is 4.79 Å². The highest BCUT2D eigenvalue weighted by Crippen LogP contribution is 2.09. The lowest BCUT2D eigenvalue weighted by Gasteiger charge is -2.18. The van der Waals surface area contributed by atoms with Gasteiger partial charge in [-0.05, 0) is 13.5 Å². The van der Waals surface area contributed by atoms with Crippen LogP contribution in [0.1, 0.15) is 24.6 Å². The lowest BCUT2D eigenvalue weighted by atomic mass is 10.2. The minimum atomic E-state index is -0.749. The van der Waals surface area contributed by atoms with Crippen LogP contribution in [0.15, 0.2) is 6.20 Å². The van der Waals surface area contributed by atoms with Gasteiger partial charge in [0.1, 0.15) is 0 Å². The molecule has 0 saturated carbocycles. The van der Waals surface area contributed by atoms with Gasteiger partial charge in [0.2, 0.25) is 0 Å². The predicted octanol–water partition coefficient (Wildman–Crippen LogP) is 1.03. The third-order valence-electron chi connectivity index (χ3n) is 2.82. The van der Waals surface area contributed by atoms with Gasteiger partial charge in [-0.3, -0.25) is 14.4 Å². The number of aromatic nitrogens is 2. The molecule has 0 amide bonds. The number of aryl methyl sites for hydroxylation is 1. The van der Waals surface area contributed by atoms with Gasteiger partial charge in [-0.25, -0.2) is 0 Å². The Kier molecular flexibility index (Phi) is 4.49. The lowest BCUT2D eigenvalue weighted by molar-refractivity contribution is -0.137. The number of carbonyl (C=O) groups is 1. The van der Waals surface area contributed by atoms with Gasteiger partial charge in [0.15, 0.2) is 0 Å². The molecule has 90 valence electrons. The lowest BCUT2D eigenvalue weighted by Crippen LogP contribution is -2.25. The van der Waals surface area contributed by atoms with Gasteiger partial charge in [0.05, 0.1) is 12.6 Å². The molecule has 5 heteroatoms. The van der Waals surface area contributed by atoms with Crippen LogP contribution in [-0.4, -0.2) is 38.8 Å². The van der Waals surface area contributed by atoms with Gasteiger partial charge < -0.3 is 5.11 Å². The Morgan fingerprint density at radius 2 is 2.31 bits per heavy atom. The van der Waals surface area contributed by atoms with E-state index in [1.165, 1.54) is 0 Å². The summed E-state index contributed by atoms with van der Waals surface area (Å²) in [5, 5.41) is 12.8. The van der Waals surface area contributed by atoms with Crippen molar-refractivity contribution in [2.24, 2.45) is 7.05 Å². The number of rotatable bonds is 6. The van der Waals surface area contributed by atoms with Crippen LogP contribution in [0.2, 0.25) is 0 Å². The second-order valence-corrected chi connectivity index (χ2v) is 3.89. The van der Waals surface area contributed by atoms with Crippen LogP contribution >= 0.6 is 0 Å². The van der Waals surface area contributed by atoms with Crippen LogP contribution in [0.3, 0.4) is 0 Å². The second kappa shape index (κ2) is 5.65. The molecule has 0 radical (unpaired) electrons. The van der Waals surface area contributed by atoms with Crippen molar-refractivity contribution in [3.8, 4) is 0 Å². The highest BCUT2D eigenvalue weighted by molar-refractivity contribution is 5.66. The van der Waals surface area contributed by atoms with Gasteiger partial charge in [-0.1, -0.05) is 6.92 Å². The Balaban J connectivity index is 2.56. The fraction of sp³-hybridized carbons (Fsp3) is 0.636. The van der Waals surface area contributed by atoms with Crippen molar-refractivity contribution < 1.29 is 9.90 Å². The number of carboxylic acids is 1. The van der Waals surface area contributed by atoms with Crippen LogP contribution in [0.5, 0.6) is 0 Å². The van der Waals surface area contributed by atoms with Crippen molar-refractivity contribution in [1.29, 1.82) is 0 Å². The highest BCUT2D eigenvalue weighted by atomic mass is 16.4. The molecule has 1 N–H and O–H groups in total. The first-order valence-corrected chi connectivity index (χ1v) is 5.46. The van der Waals surface area contributed by atoms with Gasteiger partial charge in [0, 0.05) is 31.4 Å². The van der Waals surface area contributed by atoms with Crippen LogP contribution in [0.25, 0.3) is 0 Å². The molecular formula is C11H19N3O2. The van der Waals surface area contributed by atoms with E-state index in [1.54, 1.807) is 0 Å². The Morgan fingerprint density at radius 3 is 2.75 bits per heavy atom. The van der Waals surface area contributed by atoms with Crippen molar-refractivity contribution in [2.45, 2.75) is 26.8 Å². The fourth-order valence-corrected chi connectivity index (χ4v) is 1.54. The van der Waals surface area contributed by atoms with Gasteiger partial charge in [0.25, 0.3) is 0 Å². The molecule has 16 heavy (non-hydrogen) atoms. The largest absolute Gasteiger partial charge is 0.481 e. The molecule has 0 unspecified atom stereocenters. The predicted molar refractivity (Wildman–Crippen MR) is 61.1 cm³/mol. The molecule has 0 atom stereocenters. The molecule has 0 aliphatic carbocycles. The standard InChI is InChI=1S/C11H19N3O2/c1-4-14(6-5-11(15)16)8-10-7-12-13(3)9(10)2/h7H,4-6,8H2,1-3H3,(H,15,16). The first-order valence-electron chi connectivity index (χ1n) is 5.46. The monoisotopic (exact) mass is 225 g/mol. The maximum Gasteiger partial charge on any atom is 0.304 e. The van der Waals surface area contributed by atoms with Crippen LogP contribution in [-0.2, 0) is 18.4 Å². The summed E-state index contributed by atoms with van der Waals surface area (Å²) in [5.74, 6) is -0.749. The molecule has 0 saturated heterocycles. The van der Waals surface area contributed by atoms with E-state index >= 15 is 0 Å². The second-order valence-electron chi connectivity index (χ2n) is 3.89. The smallest absolute Gasteiger partial charge is 0.304 e. The summed E-state index contributed by atoms with van der Waals surface area (Å²) in [6.07, 6.45) is 2.03. The van der Waals surface area contributed by atoms with Gasteiger partial charge in [-0.15, -0.1) is 0 Å². The summed E-state index contributed by atoms with van der Waals surface area (Å²) < 4.78 is 1.83. The van der Waals surface area contributed by atoms with Gasteiger partial charge in [-0.2, -0.15) is 5.10 Å². The summed E-state index contributed by atoms with van der Waals surface area (Å²) in [4.78, 5) is 12.6. The first kappa shape index (κ1) is 12.7. The summed E-state index contributed by atoms with van der Waals surface area (Å²) in [7, 11) is 1.91. The molecule has 0 spiro atoms.